The second-order valence-corrected chi connectivity index (χ2v) is 3.25. The lowest BCUT2D eigenvalue weighted by molar-refractivity contribution is 0.824. The topological polar surface area (TPSA) is 76.3 Å². The molecule has 0 saturated heterocycles. The summed E-state index contributed by atoms with van der Waals surface area (Å²) >= 11 is 0. The third kappa shape index (κ3) is 2.13. The van der Waals surface area contributed by atoms with Crippen LogP contribution >= 0.6 is 0 Å². The van der Waals surface area contributed by atoms with E-state index in [2.05, 4.69) is 15.2 Å². The second kappa shape index (κ2) is 4.56. The Kier molecular flexibility index (Phi) is 3.41. The number of nitrogens with zero attached hydrogens (tertiary/aromatic N) is 3. The van der Waals surface area contributed by atoms with Gasteiger partial charge in [-0.2, -0.15) is 5.10 Å². The van der Waals surface area contributed by atoms with E-state index in [0.717, 1.165) is 16.9 Å². The molecule has 2 aromatic rings. The van der Waals surface area contributed by atoms with Gasteiger partial charge in [0, 0.05) is 38.2 Å². The molecule has 3 N–H and O–H groups in total. The molecule has 0 unspecified atom stereocenters. The highest BCUT2D eigenvalue weighted by molar-refractivity contribution is 5.74. The molecular weight excluding hydrogens is 192 g/mol. The molecule has 0 fully saturated rings. The van der Waals surface area contributed by atoms with E-state index in [1.807, 2.05) is 37.3 Å². The van der Waals surface area contributed by atoms with Crippen molar-refractivity contribution in [3.05, 3.63) is 30.7 Å². The van der Waals surface area contributed by atoms with Gasteiger partial charge < -0.3 is 10.4 Å². The molecule has 80 valence electrons. The van der Waals surface area contributed by atoms with E-state index >= 15 is 0 Å². The minimum Gasteiger partial charge on any atom is -0.412 e. The number of pyridine rings is 1. The summed E-state index contributed by atoms with van der Waals surface area (Å²) in [7, 11) is 3.95. The smallest absolute Gasteiger partial charge is 0.157 e. The van der Waals surface area contributed by atoms with Crippen LogP contribution in [0.2, 0.25) is 0 Å². The lowest BCUT2D eigenvalue weighted by Gasteiger charge is -2.10. The molecule has 0 amide bonds. The SMILES string of the molecule is CN(C)c1n[nH]cc1-c1ccncc1.O. The van der Waals surface area contributed by atoms with Gasteiger partial charge in [0.15, 0.2) is 5.82 Å². The fraction of sp³-hybridized carbons (Fsp3) is 0.200. The van der Waals surface area contributed by atoms with Crippen LogP contribution in [0.4, 0.5) is 5.82 Å². The first-order valence-corrected chi connectivity index (χ1v) is 4.40. The Morgan fingerprint density at radius 1 is 1.20 bits per heavy atom. The maximum atomic E-state index is 4.17. The minimum absolute atomic E-state index is 0. The van der Waals surface area contributed by atoms with E-state index in [9.17, 15) is 0 Å². The molecule has 5 nitrogen and oxygen atoms in total. The number of aromatic nitrogens is 3. The molecule has 0 radical (unpaired) electrons. The van der Waals surface area contributed by atoms with Gasteiger partial charge in [0.2, 0.25) is 0 Å². The Bertz CT molecular complexity index is 410. The summed E-state index contributed by atoms with van der Waals surface area (Å²) in [5.74, 6) is 0.941. The Balaban J connectivity index is 0.00000112. The third-order valence-corrected chi connectivity index (χ3v) is 2.04. The van der Waals surface area contributed by atoms with Gasteiger partial charge >= 0.3 is 0 Å². The number of H-pyrrole nitrogens is 1. The first-order chi connectivity index (χ1) is 6.79. The Morgan fingerprint density at radius 3 is 2.47 bits per heavy atom. The molecular formula is C10H14N4O. The predicted octanol–water partition coefficient (Wildman–Crippen LogP) is 0.713. The van der Waals surface area contributed by atoms with Crippen molar-refractivity contribution in [3.8, 4) is 11.1 Å². The van der Waals surface area contributed by atoms with Gasteiger partial charge in [-0.3, -0.25) is 10.1 Å². The highest BCUT2D eigenvalue weighted by Crippen LogP contribution is 2.26. The molecule has 0 saturated carbocycles. The minimum atomic E-state index is 0. The van der Waals surface area contributed by atoms with Crippen molar-refractivity contribution in [1.82, 2.24) is 15.2 Å². The molecule has 2 rings (SSSR count). The van der Waals surface area contributed by atoms with Crippen molar-refractivity contribution < 1.29 is 5.48 Å². The van der Waals surface area contributed by atoms with Crippen LogP contribution in [0.15, 0.2) is 30.7 Å². The average molecular weight is 206 g/mol. The normalized spacial score (nSPS) is 9.47. The summed E-state index contributed by atoms with van der Waals surface area (Å²) in [6, 6.07) is 3.94. The van der Waals surface area contributed by atoms with E-state index in [0.29, 0.717) is 0 Å². The van der Waals surface area contributed by atoms with Gasteiger partial charge in [0.1, 0.15) is 0 Å². The molecule has 0 aliphatic carbocycles. The van der Waals surface area contributed by atoms with Crippen LogP contribution in [0.5, 0.6) is 0 Å². The molecule has 0 aromatic carbocycles. The number of anilines is 1. The number of aromatic amines is 1. The van der Waals surface area contributed by atoms with E-state index < -0.39 is 0 Å². The summed E-state index contributed by atoms with van der Waals surface area (Å²) < 4.78 is 0. The molecule has 2 heterocycles. The van der Waals surface area contributed by atoms with Crippen molar-refractivity contribution in [2.75, 3.05) is 19.0 Å². The lowest BCUT2D eigenvalue weighted by atomic mass is 10.1. The summed E-state index contributed by atoms with van der Waals surface area (Å²) in [4.78, 5) is 5.96. The van der Waals surface area contributed by atoms with Crippen LogP contribution in [-0.2, 0) is 0 Å². The lowest BCUT2D eigenvalue weighted by Crippen LogP contribution is -2.10. The Morgan fingerprint density at radius 2 is 1.87 bits per heavy atom. The van der Waals surface area contributed by atoms with Crippen LogP contribution < -0.4 is 4.90 Å². The maximum Gasteiger partial charge on any atom is 0.157 e. The summed E-state index contributed by atoms with van der Waals surface area (Å²) in [5, 5.41) is 7.04. The van der Waals surface area contributed by atoms with Gasteiger partial charge in [-0.15, -0.1) is 0 Å². The Hall–Kier alpha value is -1.88. The van der Waals surface area contributed by atoms with Gasteiger partial charge in [-0.05, 0) is 17.7 Å². The van der Waals surface area contributed by atoms with Gasteiger partial charge in [-0.25, -0.2) is 0 Å². The Labute approximate surface area is 88.1 Å². The number of rotatable bonds is 2. The molecule has 0 spiro atoms. The first kappa shape index (κ1) is 11.2. The van der Waals surface area contributed by atoms with Crippen LogP contribution in [-0.4, -0.2) is 34.8 Å². The van der Waals surface area contributed by atoms with Crippen LogP contribution in [0.25, 0.3) is 11.1 Å². The standard InChI is InChI=1S/C10H12N4.H2O/c1-14(2)10-9(7-12-13-10)8-3-5-11-6-4-8;/h3-7H,1-2H3,(H,12,13);1H2. The summed E-state index contributed by atoms with van der Waals surface area (Å²) in [6.45, 7) is 0. The summed E-state index contributed by atoms with van der Waals surface area (Å²) in [5.41, 5.74) is 2.22. The van der Waals surface area contributed by atoms with E-state index in [4.69, 9.17) is 0 Å². The zero-order chi connectivity index (χ0) is 9.97. The fourth-order valence-electron chi connectivity index (χ4n) is 1.37. The summed E-state index contributed by atoms with van der Waals surface area (Å²) in [6.07, 6.45) is 5.45. The van der Waals surface area contributed by atoms with Crippen LogP contribution in [0, 0.1) is 0 Å². The zero-order valence-corrected chi connectivity index (χ0v) is 8.73. The van der Waals surface area contributed by atoms with Crippen LogP contribution in [0.3, 0.4) is 0 Å². The molecule has 15 heavy (non-hydrogen) atoms. The number of hydrogen-bond donors (Lipinski definition) is 1. The molecule has 0 aliphatic rings. The predicted molar refractivity (Wildman–Crippen MR) is 59.8 cm³/mol. The molecule has 0 bridgehead atoms. The number of hydrogen-bond acceptors (Lipinski definition) is 3. The largest absolute Gasteiger partial charge is 0.412 e. The van der Waals surface area contributed by atoms with E-state index in [1.165, 1.54) is 0 Å². The first-order valence-electron chi connectivity index (χ1n) is 4.40. The van der Waals surface area contributed by atoms with E-state index in [1.54, 1.807) is 12.4 Å². The van der Waals surface area contributed by atoms with Crippen molar-refractivity contribution in [3.63, 3.8) is 0 Å². The van der Waals surface area contributed by atoms with Gasteiger partial charge in [0.05, 0.1) is 0 Å². The van der Waals surface area contributed by atoms with Crippen molar-refractivity contribution in [2.24, 2.45) is 0 Å². The van der Waals surface area contributed by atoms with Gasteiger partial charge in [0.25, 0.3) is 0 Å². The third-order valence-electron chi connectivity index (χ3n) is 2.04. The van der Waals surface area contributed by atoms with Crippen molar-refractivity contribution in [2.45, 2.75) is 0 Å². The molecule has 0 atom stereocenters. The van der Waals surface area contributed by atoms with Gasteiger partial charge in [-0.1, -0.05) is 0 Å². The highest BCUT2D eigenvalue weighted by Gasteiger charge is 2.08. The second-order valence-electron chi connectivity index (χ2n) is 3.25. The maximum absolute atomic E-state index is 4.17. The zero-order valence-electron chi connectivity index (χ0n) is 8.73. The quantitative estimate of drug-likeness (QED) is 0.786. The van der Waals surface area contributed by atoms with Crippen molar-refractivity contribution >= 4 is 5.82 Å². The molecule has 0 aliphatic heterocycles. The monoisotopic (exact) mass is 206 g/mol. The molecule has 2 aromatic heterocycles. The average Bonchev–Trinajstić information content (AvgIpc) is 2.67. The number of nitrogens with one attached hydrogen (secondary N) is 1. The highest BCUT2D eigenvalue weighted by atomic mass is 16.0. The van der Waals surface area contributed by atoms with E-state index in [-0.39, 0.29) is 5.48 Å². The van der Waals surface area contributed by atoms with Crippen LogP contribution in [0.1, 0.15) is 0 Å². The molecule has 5 heteroatoms. The fourth-order valence-corrected chi connectivity index (χ4v) is 1.37. The van der Waals surface area contributed by atoms with Crippen molar-refractivity contribution in [1.29, 1.82) is 0 Å².